The number of alkyl halides is 3. The third kappa shape index (κ3) is 5.24. The number of ether oxygens (including phenoxy) is 1. The highest BCUT2D eigenvalue weighted by molar-refractivity contribution is 5.92. The van der Waals surface area contributed by atoms with Crippen LogP contribution in [0.15, 0.2) is 47.1 Å². The lowest BCUT2D eigenvalue weighted by Crippen LogP contribution is -2.27. The molecule has 170 valence electrons. The summed E-state index contributed by atoms with van der Waals surface area (Å²) in [6, 6.07) is 6.83. The van der Waals surface area contributed by atoms with Crippen LogP contribution < -0.4 is 10.1 Å². The van der Waals surface area contributed by atoms with Crippen molar-refractivity contribution in [2.75, 3.05) is 0 Å². The molecule has 32 heavy (non-hydrogen) atoms. The molecule has 5 nitrogen and oxygen atoms in total. The van der Waals surface area contributed by atoms with Crippen LogP contribution in [0.1, 0.15) is 53.0 Å². The number of benzene rings is 2. The molecule has 0 fully saturated rings. The first kappa shape index (κ1) is 23.2. The van der Waals surface area contributed by atoms with E-state index < -0.39 is 35.7 Å². The van der Waals surface area contributed by atoms with E-state index in [0.717, 1.165) is 25.3 Å². The first-order valence-corrected chi connectivity index (χ1v) is 9.52. The maximum Gasteiger partial charge on any atom is 0.399 e. The average molecular weight is 454 g/mol. The molecule has 0 saturated carbocycles. The van der Waals surface area contributed by atoms with Crippen LogP contribution in [-0.2, 0) is 0 Å². The van der Waals surface area contributed by atoms with E-state index in [1.807, 2.05) is 0 Å². The van der Waals surface area contributed by atoms with E-state index in [-0.39, 0.29) is 34.2 Å². The number of halogens is 5. The van der Waals surface area contributed by atoms with E-state index >= 15 is 0 Å². The fourth-order valence-corrected chi connectivity index (χ4v) is 2.81. The van der Waals surface area contributed by atoms with Gasteiger partial charge in [0.2, 0.25) is 0 Å². The summed E-state index contributed by atoms with van der Waals surface area (Å²) >= 11 is 0. The molecule has 1 amide bonds. The van der Waals surface area contributed by atoms with Gasteiger partial charge in [-0.3, -0.25) is 4.79 Å². The number of nitrogens with one attached hydrogen (secondary N) is 1. The van der Waals surface area contributed by atoms with Gasteiger partial charge in [0, 0.05) is 5.56 Å². The lowest BCUT2D eigenvalue weighted by Gasteiger charge is -2.16. The molecule has 0 spiro atoms. The minimum Gasteiger partial charge on any atom is -0.416 e. The summed E-state index contributed by atoms with van der Waals surface area (Å²) in [4.78, 5) is 16.2. The third-order valence-corrected chi connectivity index (χ3v) is 4.92. The minimum atomic E-state index is -4.41. The molecule has 2 aromatic carbocycles. The molecular formula is C22H19F5N2O3. The molecule has 1 N–H and O–H groups in total. The van der Waals surface area contributed by atoms with Crippen molar-refractivity contribution in [2.45, 2.75) is 38.9 Å². The largest absolute Gasteiger partial charge is 0.416 e. The number of oxazole rings is 1. The second-order valence-corrected chi connectivity index (χ2v) is 7.24. The van der Waals surface area contributed by atoms with E-state index in [0.29, 0.717) is 0 Å². The monoisotopic (exact) mass is 454 g/mol. The number of carbonyl (C=O) groups is 1. The van der Waals surface area contributed by atoms with E-state index in [9.17, 15) is 26.7 Å². The van der Waals surface area contributed by atoms with Crippen molar-refractivity contribution in [1.29, 1.82) is 0 Å². The molecule has 10 heteroatoms. The zero-order valence-electron chi connectivity index (χ0n) is 17.3. The summed E-state index contributed by atoms with van der Waals surface area (Å²) in [6.07, 6.45) is -3.77. The molecule has 1 aromatic heterocycles. The molecular weight excluding hydrogens is 435 g/mol. The summed E-state index contributed by atoms with van der Waals surface area (Å²) in [5.41, 5.74) is -0.0978. The van der Waals surface area contributed by atoms with Crippen molar-refractivity contribution < 1.29 is 35.9 Å². The van der Waals surface area contributed by atoms with Gasteiger partial charge in [-0.15, -0.1) is 0 Å². The van der Waals surface area contributed by atoms with Crippen LogP contribution in [0, 0.1) is 18.6 Å². The topological polar surface area (TPSA) is 64.4 Å². The molecule has 0 aliphatic carbocycles. The van der Waals surface area contributed by atoms with Gasteiger partial charge in [-0.2, -0.15) is 18.2 Å². The van der Waals surface area contributed by atoms with Crippen LogP contribution in [0.2, 0.25) is 0 Å². The van der Waals surface area contributed by atoms with E-state index in [2.05, 4.69) is 10.3 Å². The van der Waals surface area contributed by atoms with Gasteiger partial charge in [0.15, 0.2) is 5.69 Å². The smallest absolute Gasteiger partial charge is 0.399 e. The fourth-order valence-electron chi connectivity index (χ4n) is 2.81. The van der Waals surface area contributed by atoms with Crippen molar-refractivity contribution in [3.05, 3.63) is 76.7 Å². The van der Waals surface area contributed by atoms with Gasteiger partial charge >= 0.3 is 12.3 Å². The average Bonchev–Trinajstić information content (AvgIpc) is 3.19. The molecule has 2 unspecified atom stereocenters. The Bertz CT molecular complexity index is 1100. The number of carbonyl (C=O) groups excluding carboxylic acids is 1. The minimum absolute atomic E-state index is 0.00842. The molecule has 0 bridgehead atoms. The van der Waals surface area contributed by atoms with Crippen LogP contribution >= 0.6 is 0 Å². The normalized spacial score (nSPS) is 13.5. The predicted octanol–water partition coefficient (Wildman–Crippen LogP) is 6.21. The van der Waals surface area contributed by atoms with Crippen molar-refractivity contribution >= 4 is 5.91 Å². The van der Waals surface area contributed by atoms with E-state index in [4.69, 9.17) is 9.15 Å². The summed E-state index contributed by atoms with van der Waals surface area (Å²) in [5.74, 6) is -3.82. The first-order valence-electron chi connectivity index (χ1n) is 9.52. The van der Waals surface area contributed by atoms with Gasteiger partial charge < -0.3 is 14.5 Å². The van der Waals surface area contributed by atoms with Crippen LogP contribution in [0.25, 0.3) is 0 Å². The Morgan fingerprint density at radius 2 is 1.75 bits per heavy atom. The number of amides is 1. The van der Waals surface area contributed by atoms with Gasteiger partial charge in [-0.05, 0) is 56.2 Å². The fraction of sp³-hybridized carbons (Fsp3) is 0.273. The van der Waals surface area contributed by atoms with Crippen LogP contribution in [0.3, 0.4) is 0 Å². The van der Waals surface area contributed by atoms with Crippen molar-refractivity contribution in [2.24, 2.45) is 0 Å². The second kappa shape index (κ2) is 8.97. The number of rotatable bonds is 6. The number of aromatic nitrogens is 1. The summed E-state index contributed by atoms with van der Waals surface area (Å²) in [7, 11) is 0. The molecule has 0 radical (unpaired) electrons. The highest BCUT2D eigenvalue weighted by Gasteiger charge is 2.37. The van der Waals surface area contributed by atoms with Gasteiger partial charge in [0.1, 0.15) is 23.6 Å². The van der Waals surface area contributed by atoms with Crippen LogP contribution in [0.4, 0.5) is 22.0 Å². The Morgan fingerprint density at radius 1 is 1.09 bits per heavy atom. The van der Waals surface area contributed by atoms with E-state index in [1.54, 1.807) is 0 Å². The highest BCUT2D eigenvalue weighted by Crippen LogP contribution is 2.36. The summed E-state index contributed by atoms with van der Waals surface area (Å²) in [5, 5.41) is 2.53. The molecule has 2 atom stereocenters. The van der Waals surface area contributed by atoms with Gasteiger partial charge in [0.05, 0.1) is 12.0 Å². The first-order chi connectivity index (χ1) is 15.0. The molecule has 3 aromatic rings. The Kier molecular flexibility index (Phi) is 6.52. The van der Waals surface area contributed by atoms with E-state index in [1.165, 1.54) is 38.1 Å². The molecule has 0 aliphatic heterocycles. The molecule has 3 rings (SSSR count). The highest BCUT2D eigenvalue weighted by atomic mass is 19.4. The second-order valence-electron chi connectivity index (χ2n) is 7.24. The molecule has 0 saturated heterocycles. The summed E-state index contributed by atoms with van der Waals surface area (Å²) in [6.45, 7) is 3.86. The maximum absolute atomic E-state index is 13.8. The van der Waals surface area contributed by atoms with Crippen LogP contribution in [-0.4, -0.2) is 17.1 Å². The lowest BCUT2D eigenvalue weighted by molar-refractivity contribution is -0.146. The Morgan fingerprint density at radius 3 is 2.38 bits per heavy atom. The zero-order chi connectivity index (χ0) is 23.6. The maximum atomic E-state index is 13.8. The molecule has 0 aliphatic rings. The van der Waals surface area contributed by atoms with Gasteiger partial charge in [-0.25, -0.2) is 8.78 Å². The number of hydrogen-bond donors (Lipinski definition) is 1. The Balaban J connectivity index is 1.69. The van der Waals surface area contributed by atoms with Gasteiger partial charge in [-0.1, -0.05) is 12.1 Å². The van der Waals surface area contributed by atoms with Crippen molar-refractivity contribution in [1.82, 2.24) is 10.3 Å². The molecule has 1 heterocycles. The SMILES string of the molecule is Cc1c(F)cc(C(C)NC(=O)c2coc(Oc3cccc(C(C)C(F)(F)F)c3)n2)cc1F. The van der Waals surface area contributed by atoms with Crippen molar-refractivity contribution in [3.63, 3.8) is 0 Å². The number of hydrogen-bond acceptors (Lipinski definition) is 4. The van der Waals surface area contributed by atoms with Crippen molar-refractivity contribution in [3.8, 4) is 11.8 Å². The quantitative estimate of drug-likeness (QED) is 0.450. The number of nitrogens with zero attached hydrogens (tertiary/aromatic N) is 1. The third-order valence-electron chi connectivity index (χ3n) is 4.92. The lowest BCUT2D eigenvalue weighted by atomic mass is 10.0. The Hall–Kier alpha value is -3.43. The summed E-state index contributed by atoms with van der Waals surface area (Å²) < 4.78 is 76.7. The van der Waals surface area contributed by atoms with Gasteiger partial charge in [0.25, 0.3) is 5.91 Å². The zero-order valence-corrected chi connectivity index (χ0v) is 17.3. The predicted molar refractivity (Wildman–Crippen MR) is 104 cm³/mol. The Labute approximate surface area is 180 Å². The standard InChI is InChI=1S/C22H19F5N2O3/c1-11-17(23)8-15(9-18(11)24)13(3)28-20(30)19-10-31-21(29-19)32-16-6-4-5-14(7-16)12(2)22(25,26)27/h4-10,12-13H,1-3H3,(H,28,30). The van der Waals surface area contributed by atoms with Crippen LogP contribution in [0.5, 0.6) is 11.8 Å².